The van der Waals surface area contributed by atoms with Gasteiger partial charge in [0.15, 0.2) is 0 Å². The van der Waals surface area contributed by atoms with Gasteiger partial charge >= 0.3 is 0 Å². The van der Waals surface area contributed by atoms with Gasteiger partial charge in [0.1, 0.15) is 5.75 Å². The number of benzene rings is 3. The molecule has 160 valence electrons. The fraction of sp³-hybridized carbons (Fsp3) is 0.185. The SMILES string of the molecule is COc1cc(/C=C2/CCN(Cc3cccc4ccccc34)C2=O)ccc1-n1cnc(C)c1. The number of nitrogens with zero attached hydrogens (tertiary/aromatic N) is 3. The van der Waals surface area contributed by atoms with Gasteiger partial charge in [-0.1, -0.05) is 48.5 Å². The van der Waals surface area contributed by atoms with Crippen molar-refractivity contribution in [2.24, 2.45) is 0 Å². The molecule has 3 aromatic carbocycles. The molecule has 0 aliphatic carbocycles. The number of carbonyl (C=O) groups excluding carboxylic acids is 1. The Bertz CT molecular complexity index is 1330. The smallest absolute Gasteiger partial charge is 0.250 e. The van der Waals surface area contributed by atoms with Crippen LogP contribution in [0.2, 0.25) is 0 Å². The third-order valence-electron chi connectivity index (χ3n) is 5.99. The van der Waals surface area contributed by atoms with Gasteiger partial charge in [0.25, 0.3) is 0 Å². The highest BCUT2D eigenvalue weighted by molar-refractivity contribution is 6.00. The van der Waals surface area contributed by atoms with Crippen LogP contribution in [0.4, 0.5) is 0 Å². The quantitative estimate of drug-likeness (QED) is 0.417. The van der Waals surface area contributed by atoms with Gasteiger partial charge in [0.05, 0.1) is 24.8 Å². The fourth-order valence-electron chi connectivity index (χ4n) is 4.34. The van der Waals surface area contributed by atoms with E-state index in [9.17, 15) is 4.79 Å². The third-order valence-corrected chi connectivity index (χ3v) is 5.99. The summed E-state index contributed by atoms with van der Waals surface area (Å²) in [6.07, 6.45) is 6.46. The number of methoxy groups -OCH3 is 1. The van der Waals surface area contributed by atoms with Crippen molar-refractivity contribution in [1.82, 2.24) is 14.5 Å². The number of fused-ring (bicyclic) bond motifs is 1. The highest BCUT2D eigenvalue weighted by atomic mass is 16.5. The second-order valence-electron chi connectivity index (χ2n) is 8.14. The molecule has 5 rings (SSSR count). The summed E-state index contributed by atoms with van der Waals surface area (Å²) in [5, 5.41) is 2.41. The van der Waals surface area contributed by atoms with Crippen LogP contribution in [0.5, 0.6) is 5.75 Å². The molecule has 0 atom stereocenters. The summed E-state index contributed by atoms with van der Waals surface area (Å²) >= 11 is 0. The van der Waals surface area contributed by atoms with Gasteiger partial charge < -0.3 is 14.2 Å². The van der Waals surface area contributed by atoms with Crippen LogP contribution in [-0.4, -0.2) is 34.0 Å². The van der Waals surface area contributed by atoms with Gasteiger partial charge in [-0.05, 0) is 53.5 Å². The summed E-state index contributed by atoms with van der Waals surface area (Å²) in [7, 11) is 1.66. The van der Waals surface area contributed by atoms with Crippen LogP contribution in [-0.2, 0) is 11.3 Å². The number of imidazole rings is 1. The molecule has 1 aliphatic heterocycles. The van der Waals surface area contributed by atoms with E-state index in [1.54, 1.807) is 13.4 Å². The molecule has 1 saturated heterocycles. The van der Waals surface area contributed by atoms with Gasteiger partial charge in [-0.25, -0.2) is 4.98 Å². The highest BCUT2D eigenvalue weighted by Gasteiger charge is 2.26. The van der Waals surface area contributed by atoms with Crippen LogP contribution in [0.25, 0.3) is 22.5 Å². The lowest BCUT2D eigenvalue weighted by atomic mass is 10.0. The van der Waals surface area contributed by atoms with E-state index in [0.717, 1.165) is 41.2 Å². The number of hydrogen-bond acceptors (Lipinski definition) is 3. The van der Waals surface area contributed by atoms with Gasteiger partial charge in [-0.3, -0.25) is 4.79 Å². The number of carbonyl (C=O) groups is 1. The molecule has 0 unspecified atom stereocenters. The molecule has 5 nitrogen and oxygen atoms in total. The van der Waals surface area contributed by atoms with Gasteiger partial charge in [0, 0.05) is 24.9 Å². The number of aromatic nitrogens is 2. The molecule has 0 bridgehead atoms. The second-order valence-corrected chi connectivity index (χ2v) is 8.14. The van der Waals surface area contributed by atoms with Crippen molar-refractivity contribution in [2.45, 2.75) is 19.9 Å². The molecule has 0 radical (unpaired) electrons. The summed E-state index contributed by atoms with van der Waals surface area (Å²) in [6, 6.07) is 20.6. The Morgan fingerprint density at radius 1 is 1.09 bits per heavy atom. The Hall–Kier alpha value is -3.86. The van der Waals surface area contributed by atoms with Crippen molar-refractivity contribution in [3.63, 3.8) is 0 Å². The summed E-state index contributed by atoms with van der Waals surface area (Å²) < 4.78 is 7.55. The van der Waals surface area contributed by atoms with E-state index in [0.29, 0.717) is 6.54 Å². The minimum absolute atomic E-state index is 0.103. The molecule has 32 heavy (non-hydrogen) atoms. The first kappa shape index (κ1) is 20.1. The number of hydrogen-bond donors (Lipinski definition) is 0. The number of rotatable bonds is 5. The fourth-order valence-corrected chi connectivity index (χ4v) is 4.34. The monoisotopic (exact) mass is 423 g/mol. The number of ether oxygens (including phenoxy) is 1. The molecular formula is C27H25N3O2. The zero-order valence-corrected chi connectivity index (χ0v) is 18.3. The summed E-state index contributed by atoms with van der Waals surface area (Å²) in [4.78, 5) is 19.3. The van der Waals surface area contributed by atoms with Crippen molar-refractivity contribution in [3.8, 4) is 11.4 Å². The van der Waals surface area contributed by atoms with Gasteiger partial charge in [-0.2, -0.15) is 0 Å². The highest BCUT2D eigenvalue weighted by Crippen LogP contribution is 2.29. The van der Waals surface area contributed by atoms with Crippen molar-refractivity contribution in [2.75, 3.05) is 13.7 Å². The van der Waals surface area contributed by atoms with E-state index in [2.05, 4.69) is 35.3 Å². The van der Waals surface area contributed by atoms with Crippen LogP contribution in [0.15, 0.2) is 78.8 Å². The van der Waals surface area contributed by atoms with E-state index in [-0.39, 0.29) is 5.91 Å². The normalized spacial score (nSPS) is 15.1. The lowest BCUT2D eigenvalue weighted by Crippen LogP contribution is -2.24. The van der Waals surface area contributed by atoms with Crippen molar-refractivity contribution >= 4 is 22.8 Å². The Balaban J connectivity index is 1.38. The molecule has 1 aliphatic rings. The van der Waals surface area contributed by atoms with Crippen LogP contribution >= 0.6 is 0 Å². The number of amides is 1. The molecule has 4 aromatic rings. The standard InChI is InChI=1S/C27H25N3O2/c1-19-16-30(18-28-19)25-11-10-20(15-26(25)32-2)14-22-12-13-29(27(22)31)17-23-8-5-7-21-6-3-4-9-24(21)23/h3-11,14-16,18H,12-13,17H2,1-2H3/b22-14-. The third kappa shape index (κ3) is 3.78. The zero-order valence-electron chi connectivity index (χ0n) is 18.3. The van der Waals surface area contributed by atoms with Crippen molar-refractivity contribution in [3.05, 3.63) is 95.6 Å². The molecule has 0 saturated carbocycles. The topological polar surface area (TPSA) is 47.4 Å². The first-order chi connectivity index (χ1) is 15.6. The summed E-state index contributed by atoms with van der Waals surface area (Å²) in [5.74, 6) is 0.848. The van der Waals surface area contributed by atoms with Crippen LogP contribution in [0, 0.1) is 6.92 Å². The maximum atomic E-state index is 13.1. The molecule has 1 aromatic heterocycles. The molecule has 0 spiro atoms. The van der Waals surface area contributed by atoms with Crippen molar-refractivity contribution in [1.29, 1.82) is 0 Å². The van der Waals surface area contributed by atoms with E-state index in [1.807, 2.05) is 59.0 Å². The first-order valence-corrected chi connectivity index (χ1v) is 10.8. The van der Waals surface area contributed by atoms with E-state index in [4.69, 9.17) is 4.74 Å². The molecule has 2 heterocycles. The predicted molar refractivity (Wildman–Crippen MR) is 127 cm³/mol. The van der Waals surface area contributed by atoms with Crippen LogP contribution < -0.4 is 4.74 Å². The minimum atomic E-state index is 0.103. The Kier molecular flexibility index (Phi) is 5.23. The largest absolute Gasteiger partial charge is 0.495 e. The van der Waals surface area contributed by atoms with E-state index >= 15 is 0 Å². The maximum absolute atomic E-state index is 13.1. The Labute approximate surface area is 187 Å². The average Bonchev–Trinajstić information content (AvgIpc) is 3.40. The molecule has 1 fully saturated rings. The van der Waals surface area contributed by atoms with Crippen LogP contribution in [0.1, 0.15) is 23.2 Å². The summed E-state index contributed by atoms with van der Waals surface area (Å²) in [5.41, 5.74) is 4.84. The number of aryl methyl sites for hydroxylation is 1. The minimum Gasteiger partial charge on any atom is -0.495 e. The lowest BCUT2D eigenvalue weighted by molar-refractivity contribution is -0.125. The lowest BCUT2D eigenvalue weighted by Gasteiger charge is -2.17. The Morgan fingerprint density at radius 3 is 2.75 bits per heavy atom. The molecular weight excluding hydrogens is 398 g/mol. The van der Waals surface area contributed by atoms with Gasteiger partial charge in [-0.15, -0.1) is 0 Å². The zero-order chi connectivity index (χ0) is 22.1. The second kappa shape index (κ2) is 8.35. The predicted octanol–water partition coefficient (Wildman–Crippen LogP) is 5.16. The maximum Gasteiger partial charge on any atom is 0.250 e. The van der Waals surface area contributed by atoms with Gasteiger partial charge in [0.2, 0.25) is 5.91 Å². The summed E-state index contributed by atoms with van der Waals surface area (Å²) in [6.45, 7) is 3.31. The number of likely N-dealkylation sites (tertiary alicyclic amines) is 1. The van der Waals surface area contributed by atoms with Crippen molar-refractivity contribution < 1.29 is 9.53 Å². The van der Waals surface area contributed by atoms with E-state index in [1.165, 1.54) is 16.3 Å². The molecule has 1 amide bonds. The molecule has 0 N–H and O–H groups in total. The Morgan fingerprint density at radius 2 is 1.94 bits per heavy atom. The van der Waals surface area contributed by atoms with Crippen LogP contribution in [0.3, 0.4) is 0 Å². The van der Waals surface area contributed by atoms with E-state index < -0.39 is 0 Å². The first-order valence-electron chi connectivity index (χ1n) is 10.8. The molecule has 5 heteroatoms. The average molecular weight is 424 g/mol.